The molecule has 30 heavy (non-hydrogen) atoms. The van der Waals surface area contributed by atoms with E-state index in [-0.39, 0.29) is 24.5 Å². The standard InChI is InChI=1S/2C14H18.CH4.Fe/c2*1-12-6-8-14(9-7-12)11-10-13-4-2-3-5-13;;/h2*6-11,13H,2-5H2,1H3;1H4;/b2*11-10+;;. The summed E-state index contributed by atoms with van der Waals surface area (Å²) in [6.07, 6.45) is 20.6. The molecule has 0 unspecified atom stereocenters. The molecule has 4 rings (SSSR count). The van der Waals surface area contributed by atoms with Crippen LogP contribution in [0.3, 0.4) is 0 Å². The predicted octanol–water partition coefficient (Wildman–Crippen LogP) is 9.03. The van der Waals surface area contributed by atoms with Gasteiger partial charge in [0.15, 0.2) is 0 Å². The Balaban J connectivity index is 0.000000281. The molecular formula is C29H40Fe. The van der Waals surface area contributed by atoms with Crippen LogP contribution in [0.15, 0.2) is 60.7 Å². The van der Waals surface area contributed by atoms with Gasteiger partial charge in [-0.3, -0.25) is 0 Å². The van der Waals surface area contributed by atoms with Gasteiger partial charge in [-0.25, -0.2) is 0 Å². The summed E-state index contributed by atoms with van der Waals surface area (Å²) in [7, 11) is 0. The van der Waals surface area contributed by atoms with Crippen molar-refractivity contribution in [3.8, 4) is 0 Å². The first-order valence-corrected chi connectivity index (χ1v) is 11.2. The zero-order chi connectivity index (χ0) is 19.6. The maximum Gasteiger partial charge on any atom is 0 e. The number of allylic oxidation sites excluding steroid dienone is 2. The molecule has 2 saturated carbocycles. The largest absolute Gasteiger partial charge is 0.0808 e. The Hall–Kier alpha value is -1.56. The molecule has 2 aliphatic carbocycles. The van der Waals surface area contributed by atoms with E-state index in [9.17, 15) is 0 Å². The fourth-order valence-electron chi connectivity index (χ4n) is 4.15. The van der Waals surface area contributed by atoms with E-state index in [1.165, 1.54) is 73.6 Å². The van der Waals surface area contributed by atoms with E-state index in [0.29, 0.717) is 0 Å². The van der Waals surface area contributed by atoms with Crippen molar-refractivity contribution in [2.45, 2.75) is 72.6 Å². The molecule has 2 aromatic rings. The molecule has 0 saturated heterocycles. The van der Waals surface area contributed by atoms with E-state index in [0.717, 1.165) is 11.8 Å². The summed E-state index contributed by atoms with van der Waals surface area (Å²) >= 11 is 0. The van der Waals surface area contributed by atoms with Gasteiger partial charge in [0, 0.05) is 17.1 Å². The van der Waals surface area contributed by atoms with E-state index in [2.05, 4.69) is 86.7 Å². The molecular weight excluding hydrogens is 404 g/mol. The van der Waals surface area contributed by atoms with Crippen molar-refractivity contribution >= 4 is 12.2 Å². The van der Waals surface area contributed by atoms with E-state index < -0.39 is 0 Å². The fourth-order valence-corrected chi connectivity index (χ4v) is 4.15. The molecule has 0 spiro atoms. The molecule has 0 heterocycles. The summed E-state index contributed by atoms with van der Waals surface area (Å²) in [5.74, 6) is 1.69. The molecule has 0 bridgehead atoms. The monoisotopic (exact) mass is 444 g/mol. The summed E-state index contributed by atoms with van der Waals surface area (Å²) in [4.78, 5) is 0. The molecule has 0 N–H and O–H groups in total. The molecule has 1 heteroatoms. The zero-order valence-corrected chi connectivity index (χ0v) is 19.2. The molecule has 0 aromatic heterocycles. The third-order valence-electron chi connectivity index (χ3n) is 6.08. The van der Waals surface area contributed by atoms with Crippen LogP contribution in [0.5, 0.6) is 0 Å². The van der Waals surface area contributed by atoms with Gasteiger partial charge in [-0.1, -0.05) is 117 Å². The number of benzene rings is 2. The van der Waals surface area contributed by atoms with Crippen molar-refractivity contribution in [3.63, 3.8) is 0 Å². The van der Waals surface area contributed by atoms with Crippen LogP contribution in [-0.4, -0.2) is 0 Å². The minimum atomic E-state index is 0. The van der Waals surface area contributed by atoms with Crippen molar-refractivity contribution in [1.29, 1.82) is 0 Å². The van der Waals surface area contributed by atoms with Crippen molar-refractivity contribution in [2.24, 2.45) is 11.8 Å². The Morgan fingerprint density at radius 2 is 0.867 bits per heavy atom. The third kappa shape index (κ3) is 9.50. The van der Waals surface area contributed by atoms with Crippen molar-refractivity contribution in [1.82, 2.24) is 0 Å². The second-order valence-electron chi connectivity index (χ2n) is 8.63. The molecule has 2 aliphatic rings. The van der Waals surface area contributed by atoms with Crippen LogP contribution in [-0.2, 0) is 17.1 Å². The Morgan fingerprint density at radius 1 is 0.567 bits per heavy atom. The molecule has 0 aliphatic heterocycles. The molecule has 0 radical (unpaired) electrons. The van der Waals surface area contributed by atoms with Crippen LogP contribution in [0.4, 0.5) is 0 Å². The number of rotatable bonds is 4. The van der Waals surface area contributed by atoms with Crippen molar-refractivity contribution in [3.05, 3.63) is 82.9 Å². The fraction of sp³-hybridized carbons (Fsp3) is 0.448. The van der Waals surface area contributed by atoms with E-state index in [4.69, 9.17) is 0 Å². The summed E-state index contributed by atoms with van der Waals surface area (Å²) in [5.41, 5.74) is 5.34. The van der Waals surface area contributed by atoms with Crippen LogP contribution < -0.4 is 0 Å². The molecule has 0 nitrogen and oxygen atoms in total. The summed E-state index contributed by atoms with van der Waals surface area (Å²) < 4.78 is 0. The average molecular weight is 444 g/mol. The van der Waals surface area contributed by atoms with Gasteiger partial charge in [0.25, 0.3) is 0 Å². The molecule has 0 amide bonds. The molecule has 2 fully saturated rings. The molecule has 2 aromatic carbocycles. The van der Waals surface area contributed by atoms with Gasteiger partial charge in [-0.2, -0.15) is 0 Å². The van der Waals surface area contributed by atoms with E-state index in [1.807, 2.05) is 0 Å². The van der Waals surface area contributed by atoms with E-state index in [1.54, 1.807) is 0 Å². The second-order valence-corrected chi connectivity index (χ2v) is 8.63. The van der Waals surface area contributed by atoms with Gasteiger partial charge in [-0.05, 0) is 62.5 Å². The van der Waals surface area contributed by atoms with Crippen LogP contribution in [0.2, 0.25) is 0 Å². The minimum Gasteiger partial charge on any atom is -0.0808 e. The minimum absolute atomic E-state index is 0. The SMILES string of the molecule is C.Cc1ccc(/C=C/C2CCCC2)cc1.Cc1ccc(/C=C/C2CCCC2)cc1.[Fe]. The van der Waals surface area contributed by atoms with Gasteiger partial charge < -0.3 is 0 Å². The second kappa shape index (κ2) is 14.4. The summed E-state index contributed by atoms with van der Waals surface area (Å²) in [6, 6.07) is 17.5. The average Bonchev–Trinajstić information content (AvgIpc) is 3.42. The quantitative estimate of drug-likeness (QED) is 0.413. The summed E-state index contributed by atoms with van der Waals surface area (Å²) in [6.45, 7) is 4.26. The molecule has 164 valence electrons. The number of hydrogen-bond donors (Lipinski definition) is 0. The Labute approximate surface area is 196 Å². The number of hydrogen-bond acceptors (Lipinski definition) is 0. The van der Waals surface area contributed by atoms with Gasteiger partial charge in [0.1, 0.15) is 0 Å². The topological polar surface area (TPSA) is 0 Å². The van der Waals surface area contributed by atoms with Crippen molar-refractivity contribution < 1.29 is 17.1 Å². The Kier molecular flexibility index (Phi) is 12.7. The van der Waals surface area contributed by atoms with Crippen LogP contribution in [0.1, 0.15) is 81.0 Å². The Morgan fingerprint density at radius 3 is 1.17 bits per heavy atom. The zero-order valence-electron chi connectivity index (χ0n) is 18.1. The normalized spacial score (nSPS) is 16.9. The predicted molar refractivity (Wildman–Crippen MR) is 131 cm³/mol. The first-order valence-electron chi connectivity index (χ1n) is 11.2. The van der Waals surface area contributed by atoms with E-state index >= 15 is 0 Å². The smallest absolute Gasteiger partial charge is 0 e. The summed E-state index contributed by atoms with van der Waals surface area (Å²) in [5, 5.41) is 0. The first kappa shape index (κ1) is 26.5. The van der Waals surface area contributed by atoms with Crippen LogP contribution in [0.25, 0.3) is 12.2 Å². The maximum atomic E-state index is 2.39. The number of aryl methyl sites for hydroxylation is 2. The maximum absolute atomic E-state index is 2.39. The van der Waals surface area contributed by atoms with Crippen LogP contribution in [0, 0.1) is 25.7 Å². The van der Waals surface area contributed by atoms with Crippen molar-refractivity contribution in [2.75, 3.05) is 0 Å². The Bertz CT molecular complexity index is 672. The van der Waals surface area contributed by atoms with Gasteiger partial charge in [0.2, 0.25) is 0 Å². The van der Waals surface area contributed by atoms with Gasteiger partial charge in [0.05, 0.1) is 0 Å². The molecule has 0 atom stereocenters. The van der Waals surface area contributed by atoms with Gasteiger partial charge >= 0.3 is 0 Å². The van der Waals surface area contributed by atoms with Gasteiger partial charge in [-0.15, -0.1) is 0 Å². The third-order valence-corrected chi connectivity index (χ3v) is 6.08. The first-order chi connectivity index (χ1) is 13.7. The van der Waals surface area contributed by atoms with Crippen LogP contribution >= 0.6 is 0 Å².